The molecule has 0 amide bonds. The Balaban J connectivity index is 1.60. The van der Waals surface area contributed by atoms with Crippen molar-refractivity contribution in [3.05, 3.63) is 29.8 Å². The lowest BCUT2D eigenvalue weighted by atomic mass is 10.0. The molecule has 0 saturated carbocycles. The normalized spacial score (nSPS) is 23.5. The Morgan fingerprint density at radius 1 is 1.36 bits per heavy atom. The van der Waals surface area contributed by atoms with E-state index in [1.807, 2.05) is 0 Å². The first-order valence-corrected chi connectivity index (χ1v) is 8.54. The average Bonchev–Trinajstić information content (AvgIpc) is 2.96. The van der Waals surface area contributed by atoms with Gasteiger partial charge in [0.15, 0.2) is 5.96 Å². The number of rotatable bonds is 3. The molecule has 2 unspecified atom stereocenters. The number of aliphatic imine (C=N–C) groups is 1. The van der Waals surface area contributed by atoms with E-state index in [1.165, 1.54) is 24.1 Å². The summed E-state index contributed by atoms with van der Waals surface area (Å²) in [6, 6.07) is 9.09. The third-order valence-electron chi connectivity index (χ3n) is 4.95. The molecule has 22 heavy (non-hydrogen) atoms. The van der Waals surface area contributed by atoms with Crippen LogP contribution in [0.3, 0.4) is 0 Å². The predicted octanol–water partition coefficient (Wildman–Crippen LogP) is 2.48. The Morgan fingerprint density at radius 3 is 3.00 bits per heavy atom. The molecule has 0 aromatic heterocycles. The number of hydrogen-bond acceptors (Lipinski definition) is 2. The van der Waals surface area contributed by atoms with Gasteiger partial charge in [-0.15, -0.1) is 0 Å². The van der Waals surface area contributed by atoms with Crippen LogP contribution in [-0.2, 0) is 6.42 Å². The minimum atomic E-state index is 0.393. The van der Waals surface area contributed by atoms with E-state index in [9.17, 15) is 0 Å². The first-order valence-electron chi connectivity index (χ1n) is 8.54. The van der Waals surface area contributed by atoms with Crippen molar-refractivity contribution in [3.63, 3.8) is 0 Å². The molecular weight excluding hydrogens is 272 g/mol. The topological polar surface area (TPSA) is 44.9 Å². The van der Waals surface area contributed by atoms with E-state index < -0.39 is 0 Å². The van der Waals surface area contributed by atoms with Crippen molar-refractivity contribution in [3.8, 4) is 0 Å². The largest absolute Gasteiger partial charge is 0.370 e. The Hall–Kier alpha value is -1.71. The first-order chi connectivity index (χ1) is 10.6. The van der Waals surface area contributed by atoms with Crippen LogP contribution in [-0.4, -0.2) is 43.1 Å². The number of guanidine groups is 1. The highest BCUT2D eigenvalue weighted by Crippen LogP contribution is 2.29. The van der Waals surface area contributed by atoms with Gasteiger partial charge in [-0.25, -0.2) is 0 Å². The van der Waals surface area contributed by atoms with E-state index in [0.29, 0.717) is 6.04 Å². The summed E-state index contributed by atoms with van der Waals surface area (Å²) in [5.41, 5.74) is 9.04. The fraction of sp³-hybridized carbons (Fsp3) is 0.611. The number of piperidine rings is 1. The van der Waals surface area contributed by atoms with Crippen LogP contribution < -0.4 is 10.6 Å². The molecule has 0 bridgehead atoms. The Labute approximate surface area is 134 Å². The molecule has 4 nitrogen and oxygen atoms in total. The van der Waals surface area contributed by atoms with Gasteiger partial charge in [0.25, 0.3) is 0 Å². The highest BCUT2D eigenvalue weighted by molar-refractivity contribution is 5.78. The smallest absolute Gasteiger partial charge is 0.191 e. The van der Waals surface area contributed by atoms with Gasteiger partial charge in [-0.2, -0.15) is 0 Å². The maximum absolute atomic E-state index is 6.21. The second kappa shape index (κ2) is 6.59. The van der Waals surface area contributed by atoms with Gasteiger partial charge in [0, 0.05) is 31.4 Å². The molecule has 2 aliphatic heterocycles. The van der Waals surface area contributed by atoms with Crippen LogP contribution in [0.5, 0.6) is 0 Å². The van der Waals surface area contributed by atoms with E-state index in [4.69, 9.17) is 5.73 Å². The summed E-state index contributed by atoms with van der Waals surface area (Å²) in [6.07, 6.45) is 3.68. The fourth-order valence-electron chi connectivity index (χ4n) is 3.64. The van der Waals surface area contributed by atoms with Crippen LogP contribution in [0.2, 0.25) is 0 Å². The van der Waals surface area contributed by atoms with E-state index in [1.54, 1.807) is 0 Å². The Bertz CT molecular complexity index is 540. The van der Waals surface area contributed by atoms with Gasteiger partial charge < -0.3 is 15.5 Å². The van der Waals surface area contributed by atoms with Gasteiger partial charge >= 0.3 is 0 Å². The van der Waals surface area contributed by atoms with Gasteiger partial charge in [0.2, 0.25) is 0 Å². The molecular formula is C18H28N4. The van der Waals surface area contributed by atoms with E-state index >= 15 is 0 Å². The summed E-state index contributed by atoms with van der Waals surface area (Å²) in [5.74, 6) is 1.45. The number of benzene rings is 1. The zero-order valence-electron chi connectivity index (χ0n) is 13.8. The van der Waals surface area contributed by atoms with Gasteiger partial charge in [0.1, 0.15) is 0 Å². The van der Waals surface area contributed by atoms with Crippen LogP contribution in [0.25, 0.3) is 0 Å². The molecule has 1 fully saturated rings. The zero-order valence-corrected chi connectivity index (χ0v) is 13.8. The highest BCUT2D eigenvalue weighted by Gasteiger charge is 2.23. The van der Waals surface area contributed by atoms with E-state index in [-0.39, 0.29) is 0 Å². The van der Waals surface area contributed by atoms with Crippen molar-refractivity contribution < 1.29 is 0 Å². The number of hydrogen-bond donors (Lipinski definition) is 1. The lowest BCUT2D eigenvalue weighted by molar-refractivity contribution is 0.270. The average molecular weight is 300 g/mol. The van der Waals surface area contributed by atoms with E-state index in [0.717, 1.165) is 44.5 Å². The van der Waals surface area contributed by atoms with Crippen LogP contribution >= 0.6 is 0 Å². The molecule has 2 atom stereocenters. The summed E-state index contributed by atoms with van der Waals surface area (Å²) in [7, 11) is 0. The molecule has 4 heteroatoms. The molecule has 2 aliphatic rings. The minimum Gasteiger partial charge on any atom is -0.370 e. The molecule has 2 N–H and O–H groups in total. The van der Waals surface area contributed by atoms with Gasteiger partial charge in [-0.1, -0.05) is 25.1 Å². The summed E-state index contributed by atoms with van der Waals surface area (Å²) in [5, 5.41) is 0. The van der Waals surface area contributed by atoms with Gasteiger partial charge in [-0.3, -0.25) is 4.99 Å². The summed E-state index contributed by atoms with van der Waals surface area (Å²) in [6.45, 7) is 8.51. The summed E-state index contributed by atoms with van der Waals surface area (Å²) < 4.78 is 0. The molecule has 0 radical (unpaired) electrons. The summed E-state index contributed by atoms with van der Waals surface area (Å²) >= 11 is 0. The van der Waals surface area contributed by atoms with Gasteiger partial charge in [0.05, 0.1) is 6.54 Å². The molecule has 0 spiro atoms. The molecule has 1 saturated heterocycles. The molecule has 2 heterocycles. The quantitative estimate of drug-likeness (QED) is 0.689. The second-order valence-electron chi connectivity index (χ2n) is 6.81. The fourth-order valence-corrected chi connectivity index (χ4v) is 3.64. The SMILES string of the molecule is CC1CCCN(C(N)=NCC(C)N2CCc3ccccc32)C1. The van der Waals surface area contributed by atoms with Gasteiger partial charge in [-0.05, 0) is 43.7 Å². The second-order valence-corrected chi connectivity index (χ2v) is 6.81. The number of anilines is 1. The molecule has 1 aromatic carbocycles. The van der Waals surface area contributed by atoms with Crippen molar-refractivity contribution in [2.24, 2.45) is 16.6 Å². The molecule has 3 rings (SSSR count). The van der Waals surface area contributed by atoms with Crippen LogP contribution in [0, 0.1) is 5.92 Å². The van der Waals surface area contributed by atoms with Crippen molar-refractivity contribution >= 4 is 11.6 Å². The third-order valence-corrected chi connectivity index (χ3v) is 4.95. The number of likely N-dealkylation sites (tertiary alicyclic amines) is 1. The highest BCUT2D eigenvalue weighted by atomic mass is 15.3. The van der Waals surface area contributed by atoms with E-state index in [2.05, 4.69) is 52.9 Å². The van der Waals surface area contributed by atoms with Crippen LogP contribution in [0.4, 0.5) is 5.69 Å². The third kappa shape index (κ3) is 3.21. The van der Waals surface area contributed by atoms with Crippen LogP contribution in [0.15, 0.2) is 29.3 Å². The summed E-state index contributed by atoms with van der Waals surface area (Å²) in [4.78, 5) is 9.39. The van der Waals surface area contributed by atoms with Crippen molar-refractivity contribution in [2.45, 2.75) is 39.2 Å². The number of para-hydroxylation sites is 1. The Morgan fingerprint density at radius 2 is 2.18 bits per heavy atom. The molecule has 0 aliphatic carbocycles. The number of nitrogens with zero attached hydrogens (tertiary/aromatic N) is 3. The Kier molecular flexibility index (Phi) is 4.55. The number of nitrogens with two attached hydrogens (primary N) is 1. The van der Waals surface area contributed by atoms with Crippen molar-refractivity contribution in [2.75, 3.05) is 31.1 Å². The first kappa shape index (κ1) is 15.2. The maximum atomic E-state index is 6.21. The zero-order chi connectivity index (χ0) is 15.5. The van der Waals surface area contributed by atoms with Crippen LogP contribution in [0.1, 0.15) is 32.3 Å². The lowest BCUT2D eigenvalue weighted by Gasteiger charge is -2.32. The van der Waals surface area contributed by atoms with Crippen molar-refractivity contribution in [1.29, 1.82) is 0 Å². The maximum Gasteiger partial charge on any atom is 0.191 e. The standard InChI is InChI=1S/C18H28N4/c1-14-6-5-10-21(13-14)18(19)20-12-15(2)22-11-9-16-7-3-4-8-17(16)22/h3-4,7-8,14-15H,5-6,9-13H2,1-2H3,(H2,19,20). The van der Waals surface area contributed by atoms with Crippen molar-refractivity contribution in [1.82, 2.24) is 4.90 Å². The molecule has 1 aromatic rings. The monoisotopic (exact) mass is 300 g/mol. The number of fused-ring (bicyclic) bond motifs is 1. The predicted molar refractivity (Wildman–Crippen MR) is 93.4 cm³/mol. The molecule has 120 valence electrons. The minimum absolute atomic E-state index is 0.393. The lowest BCUT2D eigenvalue weighted by Crippen LogP contribution is -2.44.